The van der Waals surface area contributed by atoms with Gasteiger partial charge in [0.05, 0.1) is 0 Å². The topological polar surface area (TPSA) is 49.8 Å². The van der Waals surface area contributed by atoms with Crippen LogP contribution in [0, 0.1) is 0 Å². The van der Waals surface area contributed by atoms with Crippen LogP contribution in [0.25, 0.3) is 0 Å². The lowest BCUT2D eigenvalue weighted by Gasteiger charge is -2.09. The average Bonchev–Trinajstić information content (AvgIpc) is 2.64. The first-order chi connectivity index (χ1) is 11.7. The molecule has 2 N–H and O–H groups in total. The molecule has 1 aromatic rings. The summed E-state index contributed by atoms with van der Waals surface area (Å²) in [6, 6.07) is 1.81. The maximum Gasteiger partial charge on any atom is 0.229 e. The van der Waals surface area contributed by atoms with Gasteiger partial charge in [-0.05, 0) is 38.1 Å². The fourth-order valence-corrected chi connectivity index (χ4v) is 1.51. The van der Waals surface area contributed by atoms with Gasteiger partial charge in [-0.15, -0.1) is 0 Å². The van der Waals surface area contributed by atoms with Gasteiger partial charge in [-0.1, -0.05) is 64.8 Å². The Morgan fingerprint density at radius 1 is 1.08 bits per heavy atom. The first-order valence-electron chi connectivity index (χ1n) is 8.01. The molecule has 0 unspecified atom stereocenters. The van der Waals surface area contributed by atoms with Crippen LogP contribution in [0.3, 0.4) is 0 Å². The fourth-order valence-electron chi connectivity index (χ4n) is 1.51. The van der Waals surface area contributed by atoms with Crippen molar-refractivity contribution in [2.45, 2.75) is 35.1 Å². The van der Waals surface area contributed by atoms with Crippen LogP contribution >= 0.6 is 0 Å². The van der Waals surface area contributed by atoms with Gasteiger partial charge >= 0.3 is 0 Å². The zero-order chi connectivity index (χ0) is 18.2. The smallest absolute Gasteiger partial charge is 0.229 e. The predicted molar refractivity (Wildman–Crippen MR) is 114 cm³/mol. The second kappa shape index (κ2) is 16.0. The number of anilines is 2. The van der Waals surface area contributed by atoms with Crippen LogP contribution in [-0.4, -0.2) is 9.97 Å². The minimum Gasteiger partial charge on any atom is -0.340 e. The highest BCUT2D eigenvalue weighted by molar-refractivity contribution is 5.49. The molecule has 1 rings (SSSR count). The lowest BCUT2D eigenvalue weighted by atomic mass is 10.3. The highest BCUT2D eigenvalue weighted by atomic mass is 15.1. The van der Waals surface area contributed by atoms with Crippen LogP contribution in [0.5, 0.6) is 0 Å². The summed E-state index contributed by atoms with van der Waals surface area (Å²) in [6.07, 6.45) is 16.6. The van der Waals surface area contributed by atoms with E-state index >= 15 is 0 Å². The summed E-state index contributed by atoms with van der Waals surface area (Å²) in [7, 11) is 0. The SMILES string of the molecule is C.C=C/C=C\C(=C/C)Nc1ccnc(N/C(C=C)=C/C=C\C)n1.CC. The molecule has 4 nitrogen and oxygen atoms in total. The molecule has 1 heterocycles. The van der Waals surface area contributed by atoms with E-state index in [0.717, 1.165) is 11.4 Å². The van der Waals surface area contributed by atoms with Gasteiger partial charge < -0.3 is 10.6 Å². The van der Waals surface area contributed by atoms with Crippen molar-refractivity contribution >= 4 is 11.8 Å². The van der Waals surface area contributed by atoms with Crippen molar-refractivity contribution in [2.75, 3.05) is 10.6 Å². The van der Waals surface area contributed by atoms with E-state index in [0.29, 0.717) is 11.8 Å². The molecule has 0 aliphatic carbocycles. The van der Waals surface area contributed by atoms with E-state index in [2.05, 4.69) is 33.8 Å². The maximum atomic E-state index is 4.42. The summed E-state index contributed by atoms with van der Waals surface area (Å²) in [5.74, 6) is 1.21. The number of allylic oxidation sites excluding steroid dienone is 8. The second-order valence-corrected chi connectivity index (χ2v) is 4.21. The number of rotatable bonds is 8. The van der Waals surface area contributed by atoms with Gasteiger partial charge in [0.2, 0.25) is 5.95 Å². The Hall–Kier alpha value is -2.88. The number of nitrogens with zero attached hydrogens (tertiary/aromatic N) is 2. The zero-order valence-corrected chi connectivity index (χ0v) is 15.1. The molecule has 0 bridgehead atoms. The van der Waals surface area contributed by atoms with Gasteiger partial charge in [0.15, 0.2) is 0 Å². The summed E-state index contributed by atoms with van der Waals surface area (Å²) < 4.78 is 0. The molecule has 0 saturated carbocycles. The number of hydrogen-bond acceptors (Lipinski definition) is 4. The van der Waals surface area contributed by atoms with Crippen molar-refractivity contribution in [1.29, 1.82) is 0 Å². The molecule has 0 radical (unpaired) electrons. The van der Waals surface area contributed by atoms with Gasteiger partial charge in [0, 0.05) is 17.6 Å². The molecule has 0 aliphatic rings. The molecule has 4 heteroatoms. The first-order valence-corrected chi connectivity index (χ1v) is 8.01. The standard InChI is InChI=1S/C18H22N4.C2H6.CH4/c1-5-9-11-15(7-3)20-17-13-14-19-18(22-17)21-16(8-4)12-10-6-2;1-2;/h5-14H,1,4H2,2-3H3,(H2,19,20,21,22);1-2H3;1H4/b10-6-,11-9-,15-7+,16-12+;;. The summed E-state index contributed by atoms with van der Waals surface area (Å²) in [5.41, 5.74) is 1.76. The Morgan fingerprint density at radius 2 is 1.80 bits per heavy atom. The van der Waals surface area contributed by atoms with E-state index < -0.39 is 0 Å². The predicted octanol–water partition coefficient (Wildman–Crippen LogP) is 6.25. The minimum atomic E-state index is 0. The second-order valence-electron chi connectivity index (χ2n) is 4.21. The Kier molecular flexibility index (Phi) is 15.6. The highest BCUT2D eigenvalue weighted by Gasteiger charge is 2.00. The molecule has 0 saturated heterocycles. The van der Waals surface area contributed by atoms with E-state index in [9.17, 15) is 0 Å². The van der Waals surface area contributed by atoms with Crippen LogP contribution in [0.15, 0.2) is 85.4 Å². The number of aromatic nitrogens is 2. The highest BCUT2D eigenvalue weighted by Crippen LogP contribution is 2.11. The van der Waals surface area contributed by atoms with E-state index in [1.165, 1.54) is 0 Å². The molecule has 1 aromatic heterocycles. The van der Waals surface area contributed by atoms with E-state index in [1.807, 2.05) is 64.2 Å². The van der Waals surface area contributed by atoms with Crippen molar-refractivity contribution in [3.05, 3.63) is 85.4 Å². The third-order valence-electron chi connectivity index (χ3n) is 2.60. The molecule has 0 aromatic carbocycles. The van der Waals surface area contributed by atoms with Gasteiger partial charge in [0.25, 0.3) is 0 Å². The van der Waals surface area contributed by atoms with Crippen molar-refractivity contribution in [3.8, 4) is 0 Å². The van der Waals surface area contributed by atoms with E-state index in [-0.39, 0.29) is 7.43 Å². The third-order valence-corrected chi connectivity index (χ3v) is 2.60. The van der Waals surface area contributed by atoms with Crippen molar-refractivity contribution in [2.24, 2.45) is 0 Å². The molecule has 0 atom stereocenters. The Bertz CT molecular complexity index is 623. The average molecular weight is 341 g/mol. The van der Waals surface area contributed by atoms with Crippen LogP contribution in [0.1, 0.15) is 35.1 Å². The lowest BCUT2D eigenvalue weighted by molar-refractivity contribution is 1.15. The molecule has 136 valence electrons. The quantitative estimate of drug-likeness (QED) is 0.549. The number of nitrogens with one attached hydrogen (secondary N) is 2. The third kappa shape index (κ3) is 10.5. The van der Waals surface area contributed by atoms with Crippen molar-refractivity contribution < 1.29 is 0 Å². The maximum absolute atomic E-state index is 4.42. The summed E-state index contributed by atoms with van der Waals surface area (Å²) >= 11 is 0. The molecule has 0 amide bonds. The van der Waals surface area contributed by atoms with Gasteiger partial charge in [-0.25, -0.2) is 4.98 Å². The first kappa shape index (κ1) is 24.4. The molecule has 25 heavy (non-hydrogen) atoms. The molecular formula is C21H32N4. The Balaban J connectivity index is 0. The van der Waals surface area contributed by atoms with Gasteiger partial charge in [-0.3, -0.25) is 0 Å². The monoisotopic (exact) mass is 340 g/mol. The molecule has 0 aliphatic heterocycles. The van der Waals surface area contributed by atoms with Gasteiger partial charge in [-0.2, -0.15) is 4.98 Å². The minimum absolute atomic E-state index is 0. The van der Waals surface area contributed by atoms with Crippen LogP contribution in [0.2, 0.25) is 0 Å². The molecule has 0 spiro atoms. The molecule has 0 fully saturated rings. The fraction of sp³-hybridized carbons (Fsp3) is 0.238. The van der Waals surface area contributed by atoms with Crippen LogP contribution in [0.4, 0.5) is 11.8 Å². The Labute approximate surface area is 153 Å². The molecular weight excluding hydrogens is 308 g/mol. The van der Waals surface area contributed by atoms with Crippen LogP contribution < -0.4 is 10.6 Å². The van der Waals surface area contributed by atoms with Crippen molar-refractivity contribution in [1.82, 2.24) is 9.97 Å². The summed E-state index contributed by atoms with van der Waals surface area (Å²) in [5, 5.41) is 6.33. The Morgan fingerprint density at radius 3 is 2.36 bits per heavy atom. The zero-order valence-electron chi connectivity index (χ0n) is 15.1. The largest absolute Gasteiger partial charge is 0.340 e. The van der Waals surface area contributed by atoms with E-state index in [1.54, 1.807) is 24.4 Å². The van der Waals surface area contributed by atoms with Crippen LogP contribution in [-0.2, 0) is 0 Å². The normalized spacial score (nSPS) is 11.4. The van der Waals surface area contributed by atoms with E-state index in [4.69, 9.17) is 0 Å². The lowest BCUT2D eigenvalue weighted by Crippen LogP contribution is -2.05. The summed E-state index contributed by atoms with van der Waals surface area (Å²) in [4.78, 5) is 8.62. The van der Waals surface area contributed by atoms with Gasteiger partial charge in [0.1, 0.15) is 5.82 Å². The number of hydrogen-bond donors (Lipinski definition) is 2. The summed E-state index contributed by atoms with van der Waals surface area (Å²) in [6.45, 7) is 15.3. The van der Waals surface area contributed by atoms with Crippen molar-refractivity contribution in [3.63, 3.8) is 0 Å².